The van der Waals surface area contributed by atoms with Crippen LogP contribution in [0.2, 0.25) is 5.02 Å². The summed E-state index contributed by atoms with van der Waals surface area (Å²) in [6.45, 7) is -0.482. The van der Waals surface area contributed by atoms with Crippen LogP contribution in [0.3, 0.4) is 0 Å². The van der Waals surface area contributed by atoms with Gasteiger partial charge in [0, 0.05) is 28.5 Å². The zero-order chi connectivity index (χ0) is 33.4. The number of amides is 2. The second-order valence-electron chi connectivity index (χ2n) is 11.5. The molecular weight excluding hydrogens is 702 g/mol. The van der Waals surface area contributed by atoms with E-state index in [2.05, 4.69) is 21.2 Å². The highest BCUT2D eigenvalue weighted by atomic mass is 79.9. The first-order valence-corrected chi connectivity index (χ1v) is 18.1. The Morgan fingerprint density at radius 1 is 0.915 bits per heavy atom. The normalized spacial score (nSPS) is 13.9. The molecule has 0 heterocycles. The summed E-state index contributed by atoms with van der Waals surface area (Å²) in [6.07, 6.45) is 4.08. The van der Waals surface area contributed by atoms with Crippen LogP contribution in [0.15, 0.2) is 112 Å². The standard InChI is InChI=1S/C36H37BrClN3O5S/c1-46-32-17-19-33(20-18-32)47(44,45)41(31-16-8-13-29(38)23-31)25-35(42)40(24-27-11-7-12-28(37)21-27)34(22-26-9-3-2-4-10-26)36(43)39-30-14-5-6-15-30/h2-4,7-13,16-21,23,30,34H,5-6,14-15,22,24-25H2,1H3,(H,39,43)/t34-/m0/s1. The molecule has 0 saturated heterocycles. The van der Waals surface area contributed by atoms with Crippen molar-refractivity contribution in [2.24, 2.45) is 0 Å². The van der Waals surface area contributed by atoms with E-state index in [1.165, 1.54) is 30.2 Å². The Morgan fingerprint density at radius 2 is 1.60 bits per heavy atom. The Morgan fingerprint density at radius 3 is 2.26 bits per heavy atom. The van der Waals surface area contributed by atoms with Gasteiger partial charge in [-0.2, -0.15) is 0 Å². The quantitative estimate of drug-likeness (QED) is 0.159. The second kappa shape index (κ2) is 15.8. The zero-order valence-electron chi connectivity index (χ0n) is 26.0. The van der Waals surface area contributed by atoms with E-state index in [0.717, 1.165) is 45.6 Å². The molecule has 0 aliphatic heterocycles. The minimum absolute atomic E-state index is 0.0237. The molecule has 0 unspecified atom stereocenters. The molecule has 4 aromatic rings. The fourth-order valence-corrected chi connectivity index (χ4v) is 7.83. The molecule has 0 radical (unpaired) electrons. The second-order valence-corrected chi connectivity index (χ2v) is 14.7. The Bertz CT molecular complexity index is 1780. The van der Waals surface area contributed by atoms with E-state index in [0.29, 0.717) is 10.8 Å². The third kappa shape index (κ3) is 8.94. The van der Waals surface area contributed by atoms with Crippen molar-refractivity contribution in [2.75, 3.05) is 18.0 Å². The lowest BCUT2D eigenvalue weighted by Crippen LogP contribution is -2.54. The van der Waals surface area contributed by atoms with E-state index < -0.39 is 28.5 Å². The van der Waals surface area contributed by atoms with Crippen molar-refractivity contribution in [3.63, 3.8) is 0 Å². The number of sulfonamides is 1. The van der Waals surface area contributed by atoms with Crippen molar-refractivity contribution in [1.82, 2.24) is 10.2 Å². The summed E-state index contributed by atoms with van der Waals surface area (Å²) < 4.78 is 35.5. The maximum absolute atomic E-state index is 14.6. The molecule has 1 fully saturated rings. The molecule has 8 nitrogen and oxygen atoms in total. The van der Waals surface area contributed by atoms with Crippen LogP contribution in [-0.4, -0.2) is 50.9 Å². The van der Waals surface area contributed by atoms with Crippen LogP contribution in [0.25, 0.3) is 0 Å². The van der Waals surface area contributed by atoms with Crippen LogP contribution in [-0.2, 0) is 32.6 Å². The fraction of sp³-hybridized carbons (Fsp3) is 0.278. The summed E-state index contributed by atoms with van der Waals surface area (Å²) in [5.74, 6) is -0.312. The average molecular weight is 739 g/mol. The van der Waals surface area contributed by atoms with Crippen molar-refractivity contribution in [1.29, 1.82) is 0 Å². The van der Waals surface area contributed by atoms with Crippen LogP contribution < -0.4 is 14.4 Å². The number of benzene rings is 4. The first-order valence-electron chi connectivity index (χ1n) is 15.4. The van der Waals surface area contributed by atoms with Gasteiger partial charge in [0.2, 0.25) is 11.8 Å². The molecule has 1 aliphatic carbocycles. The van der Waals surface area contributed by atoms with E-state index in [-0.39, 0.29) is 35.5 Å². The fourth-order valence-electron chi connectivity index (χ4n) is 5.79. The van der Waals surface area contributed by atoms with Gasteiger partial charge in [-0.25, -0.2) is 8.42 Å². The SMILES string of the molecule is COc1ccc(S(=O)(=O)N(CC(=O)N(Cc2cccc(Br)c2)[C@@H](Cc2ccccc2)C(=O)NC2CCCC2)c2cccc(Cl)c2)cc1. The number of hydrogen-bond donors (Lipinski definition) is 1. The number of nitrogens with one attached hydrogen (secondary N) is 1. The van der Waals surface area contributed by atoms with Gasteiger partial charge in [-0.15, -0.1) is 0 Å². The highest BCUT2D eigenvalue weighted by molar-refractivity contribution is 9.10. The summed E-state index contributed by atoms with van der Waals surface area (Å²) in [7, 11) is -2.77. The van der Waals surface area contributed by atoms with Crippen molar-refractivity contribution in [3.8, 4) is 5.75 Å². The average Bonchev–Trinajstić information content (AvgIpc) is 3.58. The summed E-state index contributed by atoms with van der Waals surface area (Å²) in [5, 5.41) is 3.50. The van der Waals surface area contributed by atoms with Crippen molar-refractivity contribution < 1.29 is 22.7 Å². The molecule has 1 saturated carbocycles. The van der Waals surface area contributed by atoms with Crippen LogP contribution >= 0.6 is 27.5 Å². The predicted molar refractivity (Wildman–Crippen MR) is 188 cm³/mol. The lowest BCUT2D eigenvalue weighted by molar-refractivity contribution is -0.140. The van der Waals surface area contributed by atoms with Gasteiger partial charge in [0.15, 0.2) is 0 Å². The number of ether oxygens (including phenoxy) is 1. The maximum atomic E-state index is 14.6. The first-order chi connectivity index (χ1) is 22.6. The molecule has 2 amide bonds. The van der Waals surface area contributed by atoms with Crippen LogP contribution in [0.5, 0.6) is 5.75 Å². The smallest absolute Gasteiger partial charge is 0.264 e. The summed E-state index contributed by atoms with van der Waals surface area (Å²) in [4.78, 5) is 30.2. The van der Waals surface area contributed by atoms with Gasteiger partial charge in [-0.05, 0) is 78.6 Å². The van der Waals surface area contributed by atoms with E-state index in [9.17, 15) is 18.0 Å². The van der Waals surface area contributed by atoms with Crippen LogP contribution in [0.1, 0.15) is 36.8 Å². The van der Waals surface area contributed by atoms with Crippen molar-refractivity contribution in [2.45, 2.75) is 55.6 Å². The molecule has 0 bridgehead atoms. The molecule has 1 aliphatic rings. The maximum Gasteiger partial charge on any atom is 0.264 e. The van der Waals surface area contributed by atoms with Crippen molar-refractivity contribution >= 4 is 55.1 Å². The highest BCUT2D eigenvalue weighted by Crippen LogP contribution is 2.28. The van der Waals surface area contributed by atoms with E-state index in [4.69, 9.17) is 16.3 Å². The van der Waals surface area contributed by atoms with Gasteiger partial charge in [-0.1, -0.05) is 88.9 Å². The largest absolute Gasteiger partial charge is 0.497 e. The summed E-state index contributed by atoms with van der Waals surface area (Å²) >= 11 is 9.83. The highest BCUT2D eigenvalue weighted by Gasteiger charge is 2.35. The molecule has 0 aromatic heterocycles. The van der Waals surface area contributed by atoms with Gasteiger partial charge < -0.3 is 15.0 Å². The minimum Gasteiger partial charge on any atom is -0.497 e. The van der Waals surface area contributed by atoms with E-state index in [1.807, 2.05) is 54.6 Å². The predicted octanol–water partition coefficient (Wildman–Crippen LogP) is 7.01. The lowest BCUT2D eigenvalue weighted by atomic mass is 10.0. The number of carbonyl (C=O) groups excluding carboxylic acids is 2. The number of rotatable bonds is 13. The molecule has 1 N–H and O–H groups in total. The zero-order valence-corrected chi connectivity index (χ0v) is 29.2. The molecular formula is C36H37BrClN3O5S. The molecule has 0 spiro atoms. The lowest BCUT2D eigenvalue weighted by Gasteiger charge is -2.34. The summed E-state index contributed by atoms with van der Waals surface area (Å²) in [5.41, 5.74) is 1.88. The number of halogens is 2. The Hall–Kier alpha value is -3.86. The van der Waals surface area contributed by atoms with Crippen LogP contribution in [0, 0.1) is 0 Å². The molecule has 1 atom stereocenters. The monoisotopic (exact) mass is 737 g/mol. The van der Waals surface area contributed by atoms with Gasteiger partial charge in [0.25, 0.3) is 10.0 Å². The van der Waals surface area contributed by atoms with Crippen LogP contribution in [0.4, 0.5) is 5.69 Å². The Labute approximate surface area is 289 Å². The topological polar surface area (TPSA) is 96.0 Å². The van der Waals surface area contributed by atoms with Gasteiger partial charge in [0.1, 0.15) is 18.3 Å². The molecule has 11 heteroatoms. The summed E-state index contributed by atoms with van der Waals surface area (Å²) in [6, 6.07) is 28.5. The number of methoxy groups -OCH3 is 1. The minimum atomic E-state index is -4.26. The van der Waals surface area contributed by atoms with Crippen molar-refractivity contribution in [3.05, 3.63) is 124 Å². The molecule has 47 heavy (non-hydrogen) atoms. The number of carbonyl (C=O) groups is 2. The number of anilines is 1. The third-order valence-electron chi connectivity index (χ3n) is 8.24. The third-order valence-corrected chi connectivity index (χ3v) is 10.8. The van der Waals surface area contributed by atoms with E-state index in [1.54, 1.807) is 30.3 Å². The van der Waals surface area contributed by atoms with Gasteiger partial charge in [0.05, 0.1) is 17.7 Å². The Kier molecular flexibility index (Phi) is 11.6. The molecule has 246 valence electrons. The van der Waals surface area contributed by atoms with Gasteiger partial charge >= 0.3 is 0 Å². The first kappa shape index (κ1) is 34.5. The molecule has 5 rings (SSSR count). The number of nitrogens with zero attached hydrogens (tertiary/aromatic N) is 2. The Balaban J connectivity index is 1.56. The number of hydrogen-bond acceptors (Lipinski definition) is 5. The molecule has 4 aromatic carbocycles. The van der Waals surface area contributed by atoms with E-state index >= 15 is 0 Å². The van der Waals surface area contributed by atoms with Gasteiger partial charge in [-0.3, -0.25) is 13.9 Å².